The van der Waals surface area contributed by atoms with E-state index in [1.807, 2.05) is 6.92 Å². The number of methoxy groups -OCH3 is 1. The molecule has 0 rings (SSSR count). The van der Waals surface area contributed by atoms with Gasteiger partial charge in [0.05, 0.1) is 7.11 Å². The van der Waals surface area contributed by atoms with E-state index in [1.54, 1.807) is 0 Å². The molecule has 0 aromatic heterocycles. The third kappa shape index (κ3) is 6.26. The normalized spacial score (nSPS) is 14.9. The highest BCUT2D eigenvalue weighted by Crippen LogP contribution is 2.18. The molecular weight excluding hydrogens is 220 g/mol. The number of ether oxygens (including phenoxy) is 1. The molecule has 1 amide bonds. The summed E-state index contributed by atoms with van der Waals surface area (Å²) < 4.78 is 4.64. The van der Waals surface area contributed by atoms with Gasteiger partial charge in [0, 0.05) is 19.5 Å². The van der Waals surface area contributed by atoms with Crippen LogP contribution in [0.3, 0.4) is 0 Å². The lowest BCUT2D eigenvalue weighted by Crippen LogP contribution is -2.50. The standard InChI is InChI=1S/C12H24N2O3/c1-8(12(3,4)5)13-7-10(11(16)17-6)14-9(2)15/h8,10,13H,7H2,1-6H3,(H,14,15). The number of rotatable bonds is 5. The largest absolute Gasteiger partial charge is 0.467 e. The number of nitrogens with one attached hydrogen (secondary N) is 2. The summed E-state index contributed by atoms with van der Waals surface area (Å²) in [5, 5.41) is 5.79. The number of carbonyl (C=O) groups excluding carboxylic acids is 2. The van der Waals surface area contributed by atoms with Crippen molar-refractivity contribution in [1.82, 2.24) is 10.6 Å². The second-order valence-corrected chi connectivity index (χ2v) is 5.27. The fourth-order valence-corrected chi connectivity index (χ4v) is 1.18. The van der Waals surface area contributed by atoms with Gasteiger partial charge in [-0.05, 0) is 12.3 Å². The molecule has 0 saturated heterocycles. The zero-order valence-corrected chi connectivity index (χ0v) is 11.6. The number of carbonyl (C=O) groups is 2. The van der Waals surface area contributed by atoms with Gasteiger partial charge in [-0.15, -0.1) is 0 Å². The molecule has 0 aromatic rings. The zero-order chi connectivity index (χ0) is 13.6. The van der Waals surface area contributed by atoms with Crippen LogP contribution in [0.4, 0.5) is 0 Å². The maximum Gasteiger partial charge on any atom is 0.329 e. The second-order valence-electron chi connectivity index (χ2n) is 5.27. The molecule has 17 heavy (non-hydrogen) atoms. The third-order valence-electron chi connectivity index (χ3n) is 2.79. The molecule has 0 saturated carbocycles. The van der Waals surface area contributed by atoms with Crippen molar-refractivity contribution in [2.24, 2.45) is 5.41 Å². The molecule has 2 N–H and O–H groups in total. The lowest BCUT2D eigenvalue weighted by molar-refractivity contribution is -0.144. The van der Waals surface area contributed by atoms with Gasteiger partial charge >= 0.3 is 5.97 Å². The molecule has 0 bridgehead atoms. The van der Waals surface area contributed by atoms with E-state index in [4.69, 9.17) is 0 Å². The zero-order valence-electron chi connectivity index (χ0n) is 11.6. The van der Waals surface area contributed by atoms with E-state index in [9.17, 15) is 9.59 Å². The first-order valence-corrected chi connectivity index (χ1v) is 5.76. The van der Waals surface area contributed by atoms with Crippen LogP contribution in [0.25, 0.3) is 0 Å². The monoisotopic (exact) mass is 244 g/mol. The van der Waals surface area contributed by atoms with E-state index in [-0.39, 0.29) is 17.4 Å². The van der Waals surface area contributed by atoms with Crippen LogP contribution in [0.5, 0.6) is 0 Å². The van der Waals surface area contributed by atoms with Crippen LogP contribution in [-0.4, -0.2) is 37.6 Å². The lowest BCUT2D eigenvalue weighted by Gasteiger charge is -2.29. The number of hydrogen-bond donors (Lipinski definition) is 2. The molecule has 5 heteroatoms. The summed E-state index contributed by atoms with van der Waals surface area (Å²) in [6.07, 6.45) is 0. The number of hydrogen-bond acceptors (Lipinski definition) is 4. The first kappa shape index (κ1) is 15.9. The second kappa shape index (κ2) is 6.59. The minimum Gasteiger partial charge on any atom is -0.467 e. The highest BCUT2D eigenvalue weighted by Gasteiger charge is 2.24. The van der Waals surface area contributed by atoms with Crippen molar-refractivity contribution in [3.63, 3.8) is 0 Å². The van der Waals surface area contributed by atoms with Gasteiger partial charge in [0.1, 0.15) is 6.04 Å². The van der Waals surface area contributed by atoms with Gasteiger partial charge in [-0.2, -0.15) is 0 Å². The third-order valence-corrected chi connectivity index (χ3v) is 2.79. The van der Waals surface area contributed by atoms with Crippen LogP contribution in [0.2, 0.25) is 0 Å². The molecular formula is C12H24N2O3. The maximum absolute atomic E-state index is 11.4. The lowest BCUT2D eigenvalue weighted by atomic mass is 9.88. The van der Waals surface area contributed by atoms with Crippen LogP contribution in [-0.2, 0) is 14.3 Å². The Morgan fingerprint density at radius 3 is 2.18 bits per heavy atom. The molecule has 5 nitrogen and oxygen atoms in total. The molecule has 2 atom stereocenters. The fraction of sp³-hybridized carbons (Fsp3) is 0.833. The molecule has 0 aliphatic rings. The van der Waals surface area contributed by atoms with Crippen LogP contribution in [0.15, 0.2) is 0 Å². The number of esters is 1. The van der Waals surface area contributed by atoms with Gasteiger partial charge in [0.15, 0.2) is 0 Å². The van der Waals surface area contributed by atoms with Crippen molar-refractivity contribution in [3.05, 3.63) is 0 Å². The molecule has 100 valence electrons. The molecule has 0 aliphatic heterocycles. The minimum atomic E-state index is -0.637. The van der Waals surface area contributed by atoms with Gasteiger partial charge in [-0.25, -0.2) is 4.79 Å². The Labute approximate surface area is 103 Å². The summed E-state index contributed by atoms with van der Waals surface area (Å²) in [7, 11) is 1.31. The highest BCUT2D eigenvalue weighted by atomic mass is 16.5. The summed E-state index contributed by atoms with van der Waals surface area (Å²) in [4.78, 5) is 22.4. The topological polar surface area (TPSA) is 67.4 Å². The van der Waals surface area contributed by atoms with Gasteiger partial charge < -0.3 is 15.4 Å². The molecule has 0 fully saturated rings. The fourth-order valence-electron chi connectivity index (χ4n) is 1.18. The van der Waals surface area contributed by atoms with E-state index in [1.165, 1.54) is 14.0 Å². The first-order valence-electron chi connectivity index (χ1n) is 5.76. The van der Waals surface area contributed by atoms with Gasteiger partial charge in [0.2, 0.25) is 5.91 Å². The SMILES string of the molecule is COC(=O)C(CNC(C)C(C)(C)C)NC(C)=O. The highest BCUT2D eigenvalue weighted by molar-refractivity contribution is 5.83. The van der Waals surface area contributed by atoms with Gasteiger partial charge in [-0.1, -0.05) is 20.8 Å². The summed E-state index contributed by atoms with van der Waals surface area (Å²) in [5.41, 5.74) is 0.0941. The predicted octanol–water partition coefficient (Wildman–Crippen LogP) is 0.688. The summed E-state index contributed by atoms with van der Waals surface area (Å²) in [5.74, 6) is -0.681. The van der Waals surface area contributed by atoms with E-state index in [0.29, 0.717) is 6.54 Å². The van der Waals surface area contributed by atoms with Crippen LogP contribution in [0.1, 0.15) is 34.6 Å². The van der Waals surface area contributed by atoms with E-state index >= 15 is 0 Å². The van der Waals surface area contributed by atoms with Crippen molar-refractivity contribution in [2.75, 3.05) is 13.7 Å². The Morgan fingerprint density at radius 1 is 1.29 bits per heavy atom. The molecule has 2 unspecified atom stereocenters. The van der Waals surface area contributed by atoms with Crippen molar-refractivity contribution in [3.8, 4) is 0 Å². The van der Waals surface area contributed by atoms with E-state index in [2.05, 4.69) is 36.1 Å². The Balaban J connectivity index is 4.35. The van der Waals surface area contributed by atoms with Crippen LogP contribution < -0.4 is 10.6 Å². The van der Waals surface area contributed by atoms with Gasteiger partial charge in [0.25, 0.3) is 0 Å². The van der Waals surface area contributed by atoms with E-state index in [0.717, 1.165) is 0 Å². The van der Waals surface area contributed by atoms with Crippen LogP contribution in [0, 0.1) is 5.41 Å². The van der Waals surface area contributed by atoms with E-state index < -0.39 is 12.0 Å². The Kier molecular flexibility index (Phi) is 6.16. The molecule has 0 aliphatic carbocycles. The number of amides is 1. The average Bonchev–Trinajstić information content (AvgIpc) is 2.20. The Hall–Kier alpha value is -1.10. The first-order chi connectivity index (χ1) is 7.68. The average molecular weight is 244 g/mol. The molecule has 0 aromatic carbocycles. The molecule has 0 radical (unpaired) electrons. The Bertz CT molecular complexity index is 271. The van der Waals surface area contributed by atoms with Crippen molar-refractivity contribution >= 4 is 11.9 Å². The summed E-state index contributed by atoms with van der Waals surface area (Å²) >= 11 is 0. The predicted molar refractivity (Wildman–Crippen MR) is 66.5 cm³/mol. The Morgan fingerprint density at radius 2 is 1.82 bits per heavy atom. The smallest absolute Gasteiger partial charge is 0.329 e. The minimum absolute atomic E-state index is 0.0941. The maximum atomic E-state index is 11.4. The molecule has 0 spiro atoms. The van der Waals surface area contributed by atoms with Crippen molar-refractivity contribution < 1.29 is 14.3 Å². The quantitative estimate of drug-likeness (QED) is 0.698. The summed E-state index contributed by atoms with van der Waals surface area (Å²) in [6.45, 7) is 10.1. The molecule has 0 heterocycles. The van der Waals surface area contributed by atoms with Crippen molar-refractivity contribution in [1.29, 1.82) is 0 Å². The van der Waals surface area contributed by atoms with Gasteiger partial charge in [-0.3, -0.25) is 4.79 Å². The van der Waals surface area contributed by atoms with Crippen LogP contribution >= 0.6 is 0 Å². The summed E-state index contributed by atoms with van der Waals surface area (Å²) in [6, 6.07) is -0.411. The van der Waals surface area contributed by atoms with Crippen molar-refractivity contribution in [2.45, 2.75) is 46.7 Å².